The molecule has 1 amide bonds. The average Bonchev–Trinajstić information content (AvgIpc) is 2.68. The number of nitrogens with zero attached hydrogens (tertiary/aromatic N) is 3. The van der Waals surface area contributed by atoms with Crippen LogP contribution in [-0.2, 0) is 10.0 Å². The number of piperazine rings is 1. The zero-order valence-electron chi connectivity index (χ0n) is 15.5. The number of carbonyl (C=O) groups is 1. The quantitative estimate of drug-likeness (QED) is 0.715. The van der Waals surface area contributed by atoms with Crippen LogP contribution in [0.3, 0.4) is 0 Å². The van der Waals surface area contributed by atoms with Gasteiger partial charge in [-0.3, -0.25) is 4.79 Å². The number of sulfonamides is 1. The van der Waals surface area contributed by atoms with Gasteiger partial charge in [-0.25, -0.2) is 13.4 Å². The molecule has 1 aromatic carbocycles. The van der Waals surface area contributed by atoms with Gasteiger partial charge < -0.3 is 4.90 Å². The summed E-state index contributed by atoms with van der Waals surface area (Å²) in [4.78, 5) is 19.0. The minimum Gasteiger partial charge on any atom is -0.336 e. The third-order valence-corrected chi connectivity index (χ3v) is 7.18. The summed E-state index contributed by atoms with van der Waals surface area (Å²) in [6.07, 6.45) is 1.64. The molecule has 0 saturated carbocycles. The molecular formula is C19H23N3O3S2. The number of aryl methyl sites for hydroxylation is 1. The first-order valence-electron chi connectivity index (χ1n) is 8.87. The standard InChI is InChI=1S/C19H23N3O3S2/c1-3-26-18-14-16(8-9-20-18)19(23)21-10-12-22(13-11-21)27(24,25)17-6-4-15(2)5-7-17/h4-9,14H,3,10-13H2,1-2H3. The molecule has 1 fully saturated rings. The largest absolute Gasteiger partial charge is 0.336 e. The van der Waals surface area contributed by atoms with Crippen molar-refractivity contribution in [1.82, 2.24) is 14.2 Å². The fraction of sp³-hybridized carbons (Fsp3) is 0.368. The van der Waals surface area contributed by atoms with Gasteiger partial charge in [-0.15, -0.1) is 11.8 Å². The van der Waals surface area contributed by atoms with Crippen LogP contribution in [0.2, 0.25) is 0 Å². The summed E-state index contributed by atoms with van der Waals surface area (Å²) >= 11 is 1.59. The summed E-state index contributed by atoms with van der Waals surface area (Å²) in [5.41, 5.74) is 1.61. The van der Waals surface area contributed by atoms with Crippen molar-refractivity contribution >= 4 is 27.7 Å². The van der Waals surface area contributed by atoms with Crippen LogP contribution in [0.5, 0.6) is 0 Å². The van der Waals surface area contributed by atoms with Crippen LogP contribution >= 0.6 is 11.8 Å². The van der Waals surface area contributed by atoms with Gasteiger partial charge in [0, 0.05) is 37.9 Å². The van der Waals surface area contributed by atoms with Crippen LogP contribution in [-0.4, -0.2) is 60.4 Å². The van der Waals surface area contributed by atoms with E-state index in [9.17, 15) is 13.2 Å². The number of rotatable bonds is 5. The Morgan fingerprint density at radius 1 is 1.11 bits per heavy atom. The van der Waals surface area contributed by atoms with Crippen LogP contribution in [0.4, 0.5) is 0 Å². The molecule has 2 heterocycles. The summed E-state index contributed by atoms with van der Waals surface area (Å²) in [6.45, 7) is 5.30. The Kier molecular flexibility index (Phi) is 6.18. The third kappa shape index (κ3) is 4.51. The second-order valence-electron chi connectivity index (χ2n) is 6.33. The van der Waals surface area contributed by atoms with Crippen LogP contribution in [0.25, 0.3) is 0 Å². The van der Waals surface area contributed by atoms with Gasteiger partial charge in [0.1, 0.15) is 0 Å². The predicted molar refractivity (Wildman–Crippen MR) is 106 cm³/mol. The number of pyridine rings is 1. The molecule has 6 nitrogen and oxygen atoms in total. The van der Waals surface area contributed by atoms with Gasteiger partial charge in [-0.2, -0.15) is 4.31 Å². The van der Waals surface area contributed by atoms with Crippen LogP contribution < -0.4 is 0 Å². The lowest BCUT2D eigenvalue weighted by atomic mass is 10.2. The Hall–Kier alpha value is -1.90. The number of thioether (sulfide) groups is 1. The second kappa shape index (κ2) is 8.41. The number of hydrogen-bond acceptors (Lipinski definition) is 5. The van der Waals surface area contributed by atoms with E-state index < -0.39 is 10.0 Å². The van der Waals surface area contributed by atoms with Gasteiger partial charge in [0.05, 0.1) is 9.92 Å². The third-order valence-electron chi connectivity index (χ3n) is 4.46. The summed E-state index contributed by atoms with van der Waals surface area (Å²) < 4.78 is 27.0. The molecule has 0 atom stereocenters. The fourth-order valence-corrected chi connectivity index (χ4v) is 5.01. The van der Waals surface area contributed by atoms with Gasteiger partial charge in [0.2, 0.25) is 10.0 Å². The first-order valence-corrected chi connectivity index (χ1v) is 11.3. The highest BCUT2D eigenvalue weighted by atomic mass is 32.2. The first-order chi connectivity index (χ1) is 12.9. The van der Waals surface area contributed by atoms with Gasteiger partial charge >= 0.3 is 0 Å². The van der Waals surface area contributed by atoms with Crippen LogP contribution in [0.15, 0.2) is 52.5 Å². The van der Waals surface area contributed by atoms with E-state index in [-0.39, 0.29) is 5.91 Å². The maximum atomic E-state index is 12.8. The number of carbonyl (C=O) groups excluding carboxylic acids is 1. The smallest absolute Gasteiger partial charge is 0.254 e. The van der Waals surface area contributed by atoms with Crippen molar-refractivity contribution in [1.29, 1.82) is 0 Å². The molecule has 1 aromatic heterocycles. The van der Waals surface area contributed by atoms with Gasteiger partial charge in [0.15, 0.2) is 0 Å². The number of amides is 1. The molecule has 1 aliphatic rings. The number of benzene rings is 1. The van der Waals surface area contributed by atoms with Crippen LogP contribution in [0, 0.1) is 6.92 Å². The average molecular weight is 406 g/mol. The van der Waals surface area contributed by atoms with E-state index in [4.69, 9.17) is 0 Å². The van der Waals surface area contributed by atoms with E-state index in [1.807, 2.05) is 13.8 Å². The monoisotopic (exact) mass is 405 g/mol. The second-order valence-corrected chi connectivity index (χ2v) is 9.55. The van der Waals surface area contributed by atoms with E-state index >= 15 is 0 Å². The Bertz CT molecular complexity index is 906. The lowest BCUT2D eigenvalue weighted by Crippen LogP contribution is -2.50. The maximum Gasteiger partial charge on any atom is 0.254 e. The van der Waals surface area contributed by atoms with E-state index in [1.54, 1.807) is 59.3 Å². The summed E-state index contributed by atoms with van der Waals surface area (Å²) in [7, 11) is -3.52. The van der Waals surface area contributed by atoms with Crippen molar-refractivity contribution in [3.05, 3.63) is 53.7 Å². The van der Waals surface area contributed by atoms with E-state index in [2.05, 4.69) is 4.98 Å². The summed E-state index contributed by atoms with van der Waals surface area (Å²) in [6, 6.07) is 10.4. The minimum atomic E-state index is -3.52. The molecule has 144 valence electrons. The summed E-state index contributed by atoms with van der Waals surface area (Å²) in [5, 5.41) is 0.823. The number of aromatic nitrogens is 1. The zero-order valence-corrected chi connectivity index (χ0v) is 17.1. The van der Waals surface area contributed by atoms with Gasteiger partial charge in [-0.1, -0.05) is 24.6 Å². The maximum absolute atomic E-state index is 12.8. The van der Waals surface area contributed by atoms with Crippen LogP contribution in [0.1, 0.15) is 22.8 Å². The van der Waals surface area contributed by atoms with E-state index in [0.29, 0.717) is 36.6 Å². The SMILES string of the molecule is CCSc1cc(C(=O)N2CCN(S(=O)(=O)c3ccc(C)cc3)CC2)ccn1. The lowest BCUT2D eigenvalue weighted by molar-refractivity contribution is 0.0697. The molecule has 0 aliphatic carbocycles. The van der Waals surface area contributed by atoms with E-state index in [1.165, 1.54) is 4.31 Å². The molecule has 0 spiro atoms. The Morgan fingerprint density at radius 2 is 1.78 bits per heavy atom. The minimum absolute atomic E-state index is 0.0808. The molecule has 0 N–H and O–H groups in total. The highest BCUT2D eigenvalue weighted by Gasteiger charge is 2.30. The molecule has 2 aromatic rings. The van der Waals surface area contributed by atoms with Gasteiger partial charge in [0.25, 0.3) is 5.91 Å². The Balaban J connectivity index is 1.67. The Morgan fingerprint density at radius 3 is 2.41 bits per heavy atom. The van der Waals surface area contributed by atoms with Crippen molar-refractivity contribution in [2.45, 2.75) is 23.8 Å². The molecular weight excluding hydrogens is 382 g/mol. The molecule has 27 heavy (non-hydrogen) atoms. The molecule has 1 saturated heterocycles. The van der Waals surface area contributed by atoms with Crippen molar-refractivity contribution < 1.29 is 13.2 Å². The number of hydrogen-bond donors (Lipinski definition) is 0. The van der Waals surface area contributed by atoms with E-state index in [0.717, 1.165) is 16.3 Å². The molecule has 0 bridgehead atoms. The normalized spacial score (nSPS) is 15.7. The molecule has 3 rings (SSSR count). The zero-order chi connectivity index (χ0) is 19.4. The highest BCUT2D eigenvalue weighted by Crippen LogP contribution is 2.20. The van der Waals surface area contributed by atoms with Crippen molar-refractivity contribution in [3.63, 3.8) is 0 Å². The summed E-state index contributed by atoms with van der Waals surface area (Å²) in [5.74, 6) is 0.808. The topological polar surface area (TPSA) is 70.6 Å². The first kappa shape index (κ1) is 19.9. The lowest BCUT2D eigenvalue weighted by Gasteiger charge is -2.34. The molecule has 0 unspecified atom stereocenters. The Labute approximate surface area is 164 Å². The molecule has 0 radical (unpaired) electrons. The fourth-order valence-electron chi connectivity index (χ4n) is 2.94. The van der Waals surface area contributed by atoms with Crippen molar-refractivity contribution in [3.8, 4) is 0 Å². The predicted octanol–water partition coefficient (Wildman–Crippen LogP) is 2.65. The molecule has 1 aliphatic heterocycles. The molecule has 8 heteroatoms. The highest BCUT2D eigenvalue weighted by molar-refractivity contribution is 7.99. The van der Waals surface area contributed by atoms with Gasteiger partial charge in [-0.05, 0) is 36.9 Å². The van der Waals surface area contributed by atoms with Crippen molar-refractivity contribution in [2.75, 3.05) is 31.9 Å². The van der Waals surface area contributed by atoms with Crippen molar-refractivity contribution in [2.24, 2.45) is 0 Å².